The van der Waals surface area contributed by atoms with Crippen molar-refractivity contribution in [3.63, 3.8) is 0 Å². The summed E-state index contributed by atoms with van der Waals surface area (Å²) in [5.41, 5.74) is 4.99. The minimum absolute atomic E-state index is 0.314. The van der Waals surface area contributed by atoms with Crippen molar-refractivity contribution < 1.29 is 9.13 Å². The van der Waals surface area contributed by atoms with Crippen LogP contribution in [0, 0.1) is 12.7 Å². The summed E-state index contributed by atoms with van der Waals surface area (Å²) in [5, 5.41) is 4.55. The molecular weight excluding hydrogens is 339 g/mol. The Balaban J connectivity index is 1.96. The predicted molar refractivity (Wildman–Crippen MR) is 108 cm³/mol. The number of ether oxygens (including phenoxy) is 1. The van der Waals surface area contributed by atoms with Gasteiger partial charge in [-0.25, -0.2) is 9.07 Å². The highest BCUT2D eigenvalue weighted by atomic mass is 19.1. The second kappa shape index (κ2) is 8.38. The molecule has 0 bridgehead atoms. The van der Waals surface area contributed by atoms with E-state index in [-0.39, 0.29) is 5.82 Å². The summed E-state index contributed by atoms with van der Waals surface area (Å²) >= 11 is 0. The van der Waals surface area contributed by atoms with Gasteiger partial charge in [-0.05, 0) is 60.2 Å². The first-order valence-electron chi connectivity index (χ1n) is 9.59. The van der Waals surface area contributed by atoms with E-state index in [2.05, 4.69) is 38.0 Å². The molecule has 3 rings (SSSR count). The molecule has 0 radical (unpaired) electrons. The lowest BCUT2D eigenvalue weighted by Crippen LogP contribution is -2.03. The van der Waals surface area contributed by atoms with Crippen LogP contribution in [0.4, 0.5) is 4.39 Å². The van der Waals surface area contributed by atoms with Gasteiger partial charge in [0.1, 0.15) is 0 Å². The highest BCUT2D eigenvalue weighted by Gasteiger charge is 2.13. The normalized spacial score (nSPS) is 11.2. The van der Waals surface area contributed by atoms with Crippen LogP contribution in [0.25, 0.3) is 16.8 Å². The molecule has 0 saturated carbocycles. The standard InChI is InChI=1S/C23H27FN2O/c1-5-6-13-27-23-10-8-18(14-21(23)24)19-7-9-20(16(2)3)22(15-19)26-12-11-17(4)25-26/h7-12,14-16H,5-6,13H2,1-4H3. The molecule has 0 saturated heterocycles. The van der Waals surface area contributed by atoms with E-state index >= 15 is 0 Å². The van der Waals surface area contributed by atoms with Gasteiger partial charge >= 0.3 is 0 Å². The number of unbranched alkanes of at least 4 members (excludes halogenated alkanes) is 1. The third-order valence-corrected chi connectivity index (χ3v) is 4.64. The van der Waals surface area contributed by atoms with E-state index in [1.165, 1.54) is 5.56 Å². The summed E-state index contributed by atoms with van der Waals surface area (Å²) < 4.78 is 21.9. The lowest BCUT2D eigenvalue weighted by atomic mass is 9.96. The molecule has 0 amide bonds. The lowest BCUT2D eigenvalue weighted by Gasteiger charge is -2.15. The number of hydrogen-bond donors (Lipinski definition) is 0. The van der Waals surface area contributed by atoms with Crippen LogP contribution in [-0.4, -0.2) is 16.4 Å². The molecular formula is C23H27FN2O. The fourth-order valence-corrected chi connectivity index (χ4v) is 3.08. The van der Waals surface area contributed by atoms with Crippen LogP contribution in [-0.2, 0) is 0 Å². The monoisotopic (exact) mass is 366 g/mol. The maximum Gasteiger partial charge on any atom is 0.165 e. The second-order valence-corrected chi connectivity index (χ2v) is 7.18. The highest BCUT2D eigenvalue weighted by molar-refractivity contribution is 5.68. The van der Waals surface area contributed by atoms with Crippen LogP contribution in [0.2, 0.25) is 0 Å². The molecule has 0 atom stereocenters. The van der Waals surface area contributed by atoms with E-state index in [0.717, 1.165) is 35.3 Å². The number of hydrogen-bond acceptors (Lipinski definition) is 2. The quantitative estimate of drug-likeness (QED) is 0.460. The minimum Gasteiger partial charge on any atom is -0.491 e. The third kappa shape index (κ3) is 4.38. The number of aromatic nitrogens is 2. The number of halogens is 1. The fourth-order valence-electron chi connectivity index (χ4n) is 3.08. The zero-order valence-corrected chi connectivity index (χ0v) is 16.5. The first kappa shape index (κ1) is 19.2. The largest absolute Gasteiger partial charge is 0.491 e. The van der Waals surface area contributed by atoms with Gasteiger partial charge in [-0.1, -0.05) is 45.4 Å². The molecule has 0 N–H and O–H groups in total. The third-order valence-electron chi connectivity index (χ3n) is 4.64. The Morgan fingerprint density at radius 3 is 2.44 bits per heavy atom. The summed E-state index contributed by atoms with van der Waals surface area (Å²) in [5.74, 6) is 0.353. The lowest BCUT2D eigenvalue weighted by molar-refractivity contribution is 0.294. The van der Waals surface area contributed by atoms with E-state index in [4.69, 9.17) is 4.74 Å². The van der Waals surface area contributed by atoms with Crippen LogP contribution in [0.15, 0.2) is 48.7 Å². The maximum atomic E-state index is 14.5. The molecule has 0 aliphatic carbocycles. The summed E-state index contributed by atoms with van der Waals surface area (Å²) in [6.45, 7) is 8.93. The average Bonchev–Trinajstić information content (AvgIpc) is 3.09. The van der Waals surface area contributed by atoms with Crippen LogP contribution in [0.3, 0.4) is 0 Å². The van der Waals surface area contributed by atoms with E-state index in [0.29, 0.717) is 18.3 Å². The molecule has 3 aromatic rings. The smallest absolute Gasteiger partial charge is 0.165 e. The van der Waals surface area contributed by atoms with Crippen molar-refractivity contribution >= 4 is 0 Å². The van der Waals surface area contributed by atoms with Gasteiger partial charge in [0.15, 0.2) is 11.6 Å². The maximum absolute atomic E-state index is 14.5. The van der Waals surface area contributed by atoms with Crippen molar-refractivity contribution in [2.24, 2.45) is 0 Å². The molecule has 1 aromatic heterocycles. The first-order valence-corrected chi connectivity index (χ1v) is 9.59. The molecule has 142 valence electrons. The topological polar surface area (TPSA) is 27.1 Å². The zero-order chi connectivity index (χ0) is 19.4. The summed E-state index contributed by atoms with van der Waals surface area (Å²) in [4.78, 5) is 0. The molecule has 0 spiro atoms. The number of benzene rings is 2. The average molecular weight is 366 g/mol. The van der Waals surface area contributed by atoms with E-state index in [1.807, 2.05) is 36.0 Å². The fraction of sp³-hybridized carbons (Fsp3) is 0.348. The molecule has 0 unspecified atom stereocenters. The molecule has 1 heterocycles. The highest BCUT2D eigenvalue weighted by Crippen LogP contribution is 2.31. The van der Waals surface area contributed by atoms with Crippen molar-refractivity contribution in [3.05, 3.63) is 65.7 Å². The Labute approximate surface area is 160 Å². The van der Waals surface area contributed by atoms with Gasteiger partial charge in [0.05, 0.1) is 18.0 Å². The van der Waals surface area contributed by atoms with Gasteiger partial charge < -0.3 is 4.74 Å². The molecule has 0 fully saturated rings. The van der Waals surface area contributed by atoms with Crippen molar-refractivity contribution in [2.45, 2.75) is 46.5 Å². The Hall–Kier alpha value is -2.62. The van der Waals surface area contributed by atoms with E-state index in [1.54, 1.807) is 12.1 Å². The Morgan fingerprint density at radius 2 is 1.81 bits per heavy atom. The zero-order valence-electron chi connectivity index (χ0n) is 16.5. The van der Waals surface area contributed by atoms with Crippen molar-refractivity contribution in [1.29, 1.82) is 0 Å². The Bertz CT molecular complexity index is 914. The summed E-state index contributed by atoms with van der Waals surface area (Å²) in [6, 6.07) is 13.4. The van der Waals surface area contributed by atoms with Crippen LogP contribution < -0.4 is 4.74 Å². The van der Waals surface area contributed by atoms with Crippen molar-refractivity contribution in [2.75, 3.05) is 6.61 Å². The Kier molecular flexibility index (Phi) is 5.94. The van der Waals surface area contributed by atoms with Gasteiger partial charge in [-0.3, -0.25) is 0 Å². The van der Waals surface area contributed by atoms with Gasteiger partial charge in [0, 0.05) is 6.20 Å². The van der Waals surface area contributed by atoms with Gasteiger partial charge in [-0.15, -0.1) is 0 Å². The van der Waals surface area contributed by atoms with E-state index < -0.39 is 0 Å². The van der Waals surface area contributed by atoms with Crippen LogP contribution in [0.5, 0.6) is 5.75 Å². The van der Waals surface area contributed by atoms with Gasteiger partial charge in [-0.2, -0.15) is 5.10 Å². The first-order chi connectivity index (χ1) is 13.0. The second-order valence-electron chi connectivity index (χ2n) is 7.18. The SMILES string of the molecule is CCCCOc1ccc(-c2ccc(C(C)C)c(-n3ccc(C)n3)c2)cc1F. The Morgan fingerprint density at radius 1 is 1.07 bits per heavy atom. The summed E-state index contributed by atoms with van der Waals surface area (Å²) in [7, 11) is 0. The van der Waals surface area contributed by atoms with Gasteiger partial charge in [0.25, 0.3) is 0 Å². The van der Waals surface area contributed by atoms with Gasteiger partial charge in [0.2, 0.25) is 0 Å². The number of rotatable bonds is 7. The predicted octanol–water partition coefficient (Wildman–Crippen LogP) is 6.29. The van der Waals surface area contributed by atoms with Crippen LogP contribution >= 0.6 is 0 Å². The van der Waals surface area contributed by atoms with E-state index in [9.17, 15) is 4.39 Å². The summed E-state index contributed by atoms with van der Waals surface area (Å²) in [6.07, 6.45) is 3.91. The molecule has 2 aromatic carbocycles. The van der Waals surface area contributed by atoms with Crippen molar-refractivity contribution in [3.8, 4) is 22.6 Å². The number of nitrogens with zero attached hydrogens (tertiary/aromatic N) is 2. The number of aryl methyl sites for hydroxylation is 1. The molecule has 27 heavy (non-hydrogen) atoms. The molecule has 0 aliphatic heterocycles. The molecule has 4 heteroatoms. The van der Waals surface area contributed by atoms with Crippen molar-refractivity contribution in [1.82, 2.24) is 9.78 Å². The minimum atomic E-state index is -0.326. The van der Waals surface area contributed by atoms with Crippen LogP contribution in [0.1, 0.15) is 50.8 Å². The molecule has 3 nitrogen and oxygen atoms in total. The molecule has 0 aliphatic rings.